The second-order valence-electron chi connectivity index (χ2n) is 4.97. The van der Waals surface area contributed by atoms with Crippen LogP contribution in [0.4, 0.5) is 0 Å². The quantitative estimate of drug-likeness (QED) is 0.767. The molecule has 0 amide bonds. The number of thiophene rings is 1. The van der Waals surface area contributed by atoms with Gasteiger partial charge in [-0.25, -0.2) is 0 Å². The van der Waals surface area contributed by atoms with Crippen LogP contribution in [0.5, 0.6) is 0 Å². The van der Waals surface area contributed by atoms with Crippen LogP contribution in [-0.4, -0.2) is 5.11 Å². The third-order valence-corrected chi connectivity index (χ3v) is 6.26. The molecule has 1 aliphatic rings. The molecule has 1 nitrogen and oxygen atoms in total. The van der Waals surface area contributed by atoms with Crippen LogP contribution in [0.15, 0.2) is 34.8 Å². The number of hydrogen-bond donors (Lipinski definition) is 1. The summed E-state index contributed by atoms with van der Waals surface area (Å²) in [5.41, 5.74) is 2.30. The first-order valence-corrected chi connectivity index (χ1v) is 8.36. The van der Waals surface area contributed by atoms with Gasteiger partial charge in [0.2, 0.25) is 0 Å². The largest absolute Gasteiger partial charge is 0.383 e. The molecular weight excluding hydrogens is 344 g/mol. The molecule has 1 N–H and O–H groups in total. The lowest BCUT2D eigenvalue weighted by Gasteiger charge is -2.26. The molecule has 1 atom stereocenters. The maximum atomic E-state index is 10.5. The van der Waals surface area contributed by atoms with Crippen molar-refractivity contribution in [1.29, 1.82) is 0 Å². The van der Waals surface area contributed by atoms with Gasteiger partial charge in [-0.2, -0.15) is 0 Å². The Morgan fingerprint density at radius 1 is 1.32 bits per heavy atom. The molecule has 0 radical (unpaired) electrons. The molecule has 0 spiro atoms. The third-order valence-electron chi connectivity index (χ3n) is 3.74. The van der Waals surface area contributed by atoms with Crippen molar-refractivity contribution in [3.05, 3.63) is 55.1 Å². The molecule has 1 aromatic heterocycles. The van der Waals surface area contributed by atoms with Crippen LogP contribution in [-0.2, 0) is 0 Å². The summed E-state index contributed by atoms with van der Waals surface area (Å²) in [4.78, 5) is 0.877. The summed E-state index contributed by atoms with van der Waals surface area (Å²) in [6.07, 6.45) is 3.28. The Morgan fingerprint density at radius 3 is 2.68 bits per heavy atom. The summed E-state index contributed by atoms with van der Waals surface area (Å²) in [6, 6.07) is 10.2. The molecule has 1 unspecified atom stereocenters. The van der Waals surface area contributed by atoms with Crippen LogP contribution in [0.1, 0.15) is 47.3 Å². The highest BCUT2D eigenvalue weighted by atomic mass is 79.9. The Kier molecular flexibility index (Phi) is 3.99. The minimum Gasteiger partial charge on any atom is -0.383 e. The molecule has 0 aliphatic heterocycles. The summed E-state index contributed by atoms with van der Waals surface area (Å²) >= 11 is 10.8. The van der Waals surface area contributed by atoms with E-state index in [1.165, 1.54) is 36.2 Å². The van der Waals surface area contributed by atoms with Crippen molar-refractivity contribution in [2.75, 3.05) is 0 Å². The van der Waals surface area contributed by atoms with Gasteiger partial charge in [-0.1, -0.05) is 42.3 Å². The van der Waals surface area contributed by atoms with Gasteiger partial charge >= 0.3 is 0 Å². The van der Waals surface area contributed by atoms with E-state index in [1.807, 2.05) is 18.2 Å². The normalized spacial score (nSPS) is 17.2. The number of aliphatic hydroxyl groups excluding tert-OH is 1. The lowest BCUT2D eigenvalue weighted by molar-refractivity contribution is 0.224. The minimum atomic E-state index is -0.589. The maximum absolute atomic E-state index is 10.5. The highest BCUT2D eigenvalue weighted by Crippen LogP contribution is 2.40. The monoisotopic (exact) mass is 356 g/mol. The van der Waals surface area contributed by atoms with Crippen molar-refractivity contribution in [1.82, 2.24) is 0 Å². The zero-order valence-corrected chi connectivity index (χ0v) is 13.4. The molecule has 100 valence electrons. The van der Waals surface area contributed by atoms with Crippen LogP contribution < -0.4 is 0 Å². The zero-order chi connectivity index (χ0) is 13.4. The van der Waals surface area contributed by atoms with Crippen LogP contribution in [0, 0.1) is 0 Å². The Balaban J connectivity index is 1.88. The minimum absolute atomic E-state index is 0.589. The van der Waals surface area contributed by atoms with Gasteiger partial charge in [-0.3, -0.25) is 0 Å². The zero-order valence-electron chi connectivity index (χ0n) is 10.3. The first kappa shape index (κ1) is 13.6. The summed E-state index contributed by atoms with van der Waals surface area (Å²) in [7, 11) is 0. The Labute approximate surface area is 130 Å². The van der Waals surface area contributed by atoms with Crippen molar-refractivity contribution < 1.29 is 5.11 Å². The molecule has 3 rings (SSSR count). The van der Waals surface area contributed by atoms with Crippen molar-refractivity contribution >= 4 is 38.9 Å². The smallest absolute Gasteiger partial charge is 0.113 e. The van der Waals surface area contributed by atoms with E-state index in [-0.39, 0.29) is 0 Å². The molecule has 19 heavy (non-hydrogen) atoms. The summed E-state index contributed by atoms with van der Waals surface area (Å²) < 4.78 is 1.53. The SMILES string of the molecule is OC(c1cccc(C2CCC2)c1)c1cc(Br)c(Cl)s1. The van der Waals surface area contributed by atoms with Gasteiger partial charge in [0.1, 0.15) is 10.4 Å². The molecular formula is C15H14BrClOS. The fourth-order valence-corrected chi connectivity index (χ4v) is 4.14. The van der Waals surface area contributed by atoms with E-state index in [0.29, 0.717) is 10.3 Å². The van der Waals surface area contributed by atoms with Crippen LogP contribution in [0.3, 0.4) is 0 Å². The van der Waals surface area contributed by atoms with Crippen molar-refractivity contribution in [2.45, 2.75) is 31.3 Å². The Hall–Kier alpha value is -0.350. The van der Waals surface area contributed by atoms with Gasteiger partial charge in [0.15, 0.2) is 0 Å². The second kappa shape index (κ2) is 5.57. The molecule has 1 fully saturated rings. The molecule has 1 aliphatic carbocycles. The fourth-order valence-electron chi connectivity index (χ4n) is 2.39. The fraction of sp³-hybridized carbons (Fsp3) is 0.333. The Morgan fingerprint density at radius 2 is 2.11 bits per heavy atom. The number of aliphatic hydroxyl groups is 1. The maximum Gasteiger partial charge on any atom is 0.113 e. The first-order valence-electron chi connectivity index (χ1n) is 6.38. The number of hydrogen-bond acceptors (Lipinski definition) is 2. The molecule has 0 bridgehead atoms. The molecule has 1 heterocycles. The van der Waals surface area contributed by atoms with Crippen molar-refractivity contribution in [2.24, 2.45) is 0 Å². The molecule has 1 aromatic carbocycles. The van der Waals surface area contributed by atoms with Gasteiger partial charge in [0.25, 0.3) is 0 Å². The molecule has 0 saturated heterocycles. The highest BCUT2D eigenvalue weighted by molar-refractivity contribution is 9.10. The third kappa shape index (κ3) is 2.75. The van der Waals surface area contributed by atoms with Crippen LogP contribution >= 0.6 is 38.9 Å². The van der Waals surface area contributed by atoms with Crippen molar-refractivity contribution in [3.8, 4) is 0 Å². The highest BCUT2D eigenvalue weighted by Gasteiger charge is 2.21. The predicted octanol–water partition coefficient (Wildman–Crippen LogP) is 5.51. The van der Waals surface area contributed by atoms with Gasteiger partial charge in [-0.15, -0.1) is 11.3 Å². The first-order chi connectivity index (χ1) is 9.15. The summed E-state index contributed by atoms with van der Waals surface area (Å²) in [5.74, 6) is 0.686. The predicted molar refractivity (Wildman–Crippen MR) is 84.1 cm³/mol. The number of benzene rings is 1. The topological polar surface area (TPSA) is 20.2 Å². The van der Waals surface area contributed by atoms with Crippen LogP contribution in [0.25, 0.3) is 0 Å². The Bertz CT molecular complexity index is 572. The molecule has 4 heteroatoms. The van der Waals surface area contributed by atoms with E-state index >= 15 is 0 Å². The summed E-state index contributed by atoms with van der Waals surface area (Å²) in [5, 5.41) is 10.5. The van der Waals surface area contributed by atoms with Gasteiger partial charge in [-0.05, 0) is 51.9 Å². The van der Waals surface area contributed by atoms with E-state index in [2.05, 4.69) is 28.1 Å². The molecule has 2 aromatic rings. The number of halogens is 2. The summed E-state index contributed by atoms with van der Waals surface area (Å²) in [6.45, 7) is 0. The van der Waals surface area contributed by atoms with E-state index in [1.54, 1.807) is 0 Å². The second-order valence-corrected chi connectivity index (χ2v) is 7.51. The lowest BCUT2D eigenvalue weighted by atomic mass is 9.79. The molecule has 1 saturated carbocycles. The average molecular weight is 358 g/mol. The van der Waals surface area contributed by atoms with Crippen molar-refractivity contribution in [3.63, 3.8) is 0 Å². The standard InChI is InChI=1S/C15H14BrClOS/c16-12-8-13(19-15(12)17)14(18)11-6-2-5-10(7-11)9-3-1-4-9/h2,5-9,14,18H,1,3-4H2. The van der Waals surface area contributed by atoms with Gasteiger partial charge in [0, 0.05) is 9.35 Å². The van der Waals surface area contributed by atoms with E-state index in [4.69, 9.17) is 11.6 Å². The lowest BCUT2D eigenvalue weighted by Crippen LogP contribution is -2.09. The van der Waals surface area contributed by atoms with E-state index in [0.717, 1.165) is 14.9 Å². The number of rotatable bonds is 3. The van der Waals surface area contributed by atoms with E-state index < -0.39 is 6.10 Å². The van der Waals surface area contributed by atoms with Gasteiger partial charge in [0.05, 0.1) is 0 Å². The van der Waals surface area contributed by atoms with E-state index in [9.17, 15) is 5.11 Å². The van der Waals surface area contributed by atoms with Gasteiger partial charge < -0.3 is 5.11 Å². The van der Waals surface area contributed by atoms with Crippen LogP contribution in [0.2, 0.25) is 4.34 Å². The average Bonchev–Trinajstić information content (AvgIpc) is 2.67.